The molecule has 8 N–H and O–H groups in total. The molecule has 3 aliphatic rings. The summed E-state index contributed by atoms with van der Waals surface area (Å²) in [6.07, 6.45) is 3.46. The number of hydroxylamine groups is 2. The Morgan fingerprint density at radius 2 is 1.74 bits per heavy atom. The minimum Gasteiger partial charge on any atom is -0.369 e. The van der Waals surface area contributed by atoms with E-state index < -0.39 is 58.5 Å². The lowest BCUT2D eigenvalue weighted by atomic mass is 9.51. The molecule has 2 fully saturated rings. The van der Waals surface area contributed by atoms with Crippen molar-refractivity contribution >= 4 is 23.6 Å². The van der Waals surface area contributed by atoms with Crippen molar-refractivity contribution in [3.63, 3.8) is 0 Å². The van der Waals surface area contributed by atoms with Crippen molar-refractivity contribution in [2.45, 2.75) is 37.4 Å². The molecule has 0 spiro atoms. The van der Waals surface area contributed by atoms with Crippen LogP contribution in [0.15, 0.2) is 12.2 Å². The van der Waals surface area contributed by atoms with Gasteiger partial charge in [-0.3, -0.25) is 29.6 Å². The predicted octanol–water partition coefficient (Wildman–Crippen LogP) is -1.92. The molecule has 1 aliphatic carbocycles. The van der Waals surface area contributed by atoms with Crippen LogP contribution in [-0.4, -0.2) is 45.7 Å². The highest BCUT2D eigenvalue weighted by Crippen LogP contribution is 2.62. The molecule has 0 aromatic carbocycles. The van der Waals surface area contributed by atoms with Crippen LogP contribution in [0.1, 0.15) is 25.7 Å². The highest BCUT2D eigenvalue weighted by atomic mass is 16.5. The van der Waals surface area contributed by atoms with Gasteiger partial charge in [0.05, 0.1) is 29.3 Å². The molecule has 2 bridgehead atoms. The van der Waals surface area contributed by atoms with Gasteiger partial charge in [0.25, 0.3) is 5.91 Å². The van der Waals surface area contributed by atoms with Crippen LogP contribution in [0.4, 0.5) is 0 Å². The number of amides is 4. The molecule has 0 aromatic heterocycles. The molecule has 2 aliphatic heterocycles. The Balaban J connectivity index is 2.23. The molecule has 3 rings (SSSR count). The Bertz CT molecular complexity index is 726. The highest BCUT2D eigenvalue weighted by Gasteiger charge is 2.74. The van der Waals surface area contributed by atoms with E-state index in [0.717, 1.165) is 0 Å². The van der Waals surface area contributed by atoms with Crippen molar-refractivity contribution < 1.29 is 34.3 Å². The third-order valence-corrected chi connectivity index (χ3v) is 6.23. The summed E-state index contributed by atoms with van der Waals surface area (Å²) < 4.78 is 5.95. The van der Waals surface area contributed by atoms with Crippen LogP contribution in [0.3, 0.4) is 0 Å². The van der Waals surface area contributed by atoms with Crippen LogP contribution in [0, 0.1) is 23.2 Å². The lowest BCUT2D eigenvalue weighted by molar-refractivity contribution is -0.178. The maximum absolute atomic E-state index is 12.7. The van der Waals surface area contributed by atoms with E-state index >= 15 is 0 Å². The fourth-order valence-corrected chi connectivity index (χ4v) is 5.21. The molecule has 6 unspecified atom stereocenters. The second-order valence-electron chi connectivity index (χ2n) is 7.23. The minimum absolute atomic E-state index is 0.0954. The summed E-state index contributed by atoms with van der Waals surface area (Å²) in [6, 6.07) is 0. The fourth-order valence-electron chi connectivity index (χ4n) is 5.21. The van der Waals surface area contributed by atoms with E-state index in [4.69, 9.17) is 21.4 Å². The molecule has 27 heavy (non-hydrogen) atoms. The normalized spacial score (nSPS) is 39.8. The van der Waals surface area contributed by atoms with Gasteiger partial charge < -0.3 is 16.2 Å². The monoisotopic (exact) mass is 382 g/mol. The van der Waals surface area contributed by atoms with Gasteiger partial charge in [-0.25, -0.2) is 11.0 Å². The first-order valence-electron chi connectivity index (χ1n) is 8.61. The zero-order valence-corrected chi connectivity index (χ0v) is 14.4. The SMILES string of the molecule is NC(=O)C1C2C=CC(C3(C(N)=O)CCCCC3C(=O)NO)(O2)C1C(=O)NO. The fraction of sp³-hybridized carbons (Fsp3) is 0.625. The number of rotatable bonds is 5. The molecule has 11 heteroatoms. The van der Waals surface area contributed by atoms with Crippen LogP contribution < -0.4 is 22.4 Å². The Morgan fingerprint density at radius 1 is 1.07 bits per heavy atom. The quantitative estimate of drug-likeness (QED) is 0.181. The number of hydrogen-bond donors (Lipinski definition) is 6. The molecule has 1 saturated heterocycles. The molecule has 0 aromatic rings. The smallest absolute Gasteiger partial charge is 0.250 e. The summed E-state index contributed by atoms with van der Waals surface area (Å²) in [5.74, 6) is -7.18. The van der Waals surface area contributed by atoms with E-state index in [1.165, 1.54) is 17.6 Å². The number of ether oxygens (including phenoxy) is 1. The minimum atomic E-state index is -1.76. The number of nitrogens with one attached hydrogen (secondary N) is 2. The van der Waals surface area contributed by atoms with Gasteiger partial charge >= 0.3 is 0 Å². The van der Waals surface area contributed by atoms with Gasteiger partial charge in [-0.05, 0) is 12.8 Å². The summed E-state index contributed by atoms with van der Waals surface area (Å²) in [5.41, 5.74) is 10.8. The summed E-state index contributed by atoms with van der Waals surface area (Å²) in [6.45, 7) is 0. The summed E-state index contributed by atoms with van der Waals surface area (Å²) >= 11 is 0. The molecule has 11 nitrogen and oxygen atoms in total. The predicted molar refractivity (Wildman–Crippen MR) is 86.4 cm³/mol. The first kappa shape index (κ1) is 19.3. The maximum atomic E-state index is 12.7. The van der Waals surface area contributed by atoms with Crippen molar-refractivity contribution in [3.05, 3.63) is 12.2 Å². The van der Waals surface area contributed by atoms with E-state index in [2.05, 4.69) is 0 Å². The topological polar surface area (TPSA) is 194 Å². The first-order chi connectivity index (χ1) is 12.8. The van der Waals surface area contributed by atoms with Crippen LogP contribution in [0.25, 0.3) is 0 Å². The zero-order valence-electron chi connectivity index (χ0n) is 14.4. The summed E-state index contributed by atoms with van der Waals surface area (Å²) in [7, 11) is 0. The van der Waals surface area contributed by atoms with E-state index in [9.17, 15) is 24.4 Å². The molecule has 148 valence electrons. The summed E-state index contributed by atoms with van der Waals surface area (Å²) in [4.78, 5) is 49.6. The van der Waals surface area contributed by atoms with Crippen LogP contribution >= 0.6 is 0 Å². The first-order valence-corrected chi connectivity index (χ1v) is 8.61. The molecule has 6 atom stereocenters. The molecule has 1 saturated carbocycles. The number of hydrogen-bond acceptors (Lipinski definition) is 7. The standard InChI is InChI=1S/C16H22N4O7/c17-11(21)9-8-4-6-16(27-8,10(9)13(23)20-26)15(14(18)24)5-2-1-3-7(15)12(22)19-25/h4,6-10,25-26H,1-3,5H2,(H2,17,21)(H2,18,24)(H,19,22)(H,20,23). The third kappa shape index (κ3) is 2.38. The van der Waals surface area contributed by atoms with Crippen molar-refractivity contribution in [1.29, 1.82) is 0 Å². The molecule has 2 heterocycles. The second kappa shape index (κ2) is 6.59. The van der Waals surface area contributed by atoms with Crippen molar-refractivity contribution in [3.8, 4) is 0 Å². The van der Waals surface area contributed by atoms with Crippen molar-refractivity contribution in [2.75, 3.05) is 0 Å². The number of primary amides is 2. The number of nitrogens with two attached hydrogens (primary N) is 2. The van der Waals surface area contributed by atoms with Crippen LogP contribution in [0.5, 0.6) is 0 Å². The Hall–Kier alpha value is -2.50. The van der Waals surface area contributed by atoms with Crippen molar-refractivity contribution in [2.24, 2.45) is 34.6 Å². The van der Waals surface area contributed by atoms with Gasteiger partial charge in [0.15, 0.2) is 0 Å². The number of carbonyl (C=O) groups is 4. The molecular weight excluding hydrogens is 360 g/mol. The van der Waals surface area contributed by atoms with E-state index in [1.807, 2.05) is 0 Å². The highest BCUT2D eigenvalue weighted by molar-refractivity contribution is 5.95. The maximum Gasteiger partial charge on any atom is 0.250 e. The van der Waals surface area contributed by atoms with Gasteiger partial charge in [-0.15, -0.1) is 0 Å². The molecule has 4 amide bonds. The Labute approximate surface area is 154 Å². The Morgan fingerprint density at radius 3 is 2.30 bits per heavy atom. The lowest BCUT2D eigenvalue weighted by Gasteiger charge is -2.51. The molecule has 0 radical (unpaired) electrons. The number of carbonyl (C=O) groups excluding carboxylic acids is 4. The zero-order chi connectivity index (χ0) is 20.0. The third-order valence-electron chi connectivity index (χ3n) is 6.23. The Kier molecular flexibility index (Phi) is 4.70. The van der Waals surface area contributed by atoms with Gasteiger partial charge in [0, 0.05) is 0 Å². The van der Waals surface area contributed by atoms with Crippen molar-refractivity contribution in [1.82, 2.24) is 11.0 Å². The van der Waals surface area contributed by atoms with E-state index in [1.54, 1.807) is 5.48 Å². The van der Waals surface area contributed by atoms with Gasteiger partial charge in [-0.1, -0.05) is 25.0 Å². The molecular formula is C16H22N4O7. The van der Waals surface area contributed by atoms with Gasteiger partial charge in [-0.2, -0.15) is 0 Å². The summed E-state index contributed by atoms with van der Waals surface area (Å²) in [5, 5.41) is 18.4. The average molecular weight is 382 g/mol. The van der Waals surface area contributed by atoms with Gasteiger partial charge in [0.2, 0.25) is 17.7 Å². The largest absolute Gasteiger partial charge is 0.369 e. The lowest BCUT2D eigenvalue weighted by Crippen LogP contribution is -2.67. The average Bonchev–Trinajstić information content (AvgIpc) is 3.24. The van der Waals surface area contributed by atoms with E-state index in [-0.39, 0.29) is 12.8 Å². The van der Waals surface area contributed by atoms with Gasteiger partial charge in [0.1, 0.15) is 5.60 Å². The van der Waals surface area contributed by atoms with Crippen LogP contribution in [-0.2, 0) is 23.9 Å². The van der Waals surface area contributed by atoms with Crippen LogP contribution in [0.2, 0.25) is 0 Å². The second-order valence-corrected chi connectivity index (χ2v) is 7.23. The number of fused-ring (bicyclic) bond motifs is 2. The van der Waals surface area contributed by atoms with E-state index in [0.29, 0.717) is 12.8 Å².